The molecule has 0 fully saturated rings. The summed E-state index contributed by atoms with van der Waals surface area (Å²) in [5.41, 5.74) is 19.3. The Bertz CT molecular complexity index is 1590. The lowest BCUT2D eigenvalue weighted by Gasteiger charge is -2.19. The van der Waals surface area contributed by atoms with Crippen molar-refractivity contribution in [2.24, 2.45) is 0 Å². The van der Waals surface area contributed by atoms with Crippen molar-refractivity contribution in [1.29, 1.82) is 0 Å². The first-order valence-corrected chi connectivity index (χ1v) is 18.0. The van der Waals surface area contributed by atoms with E-state index in [1.54, 1.807) is 0 Å². The topological polar surface area (TPSA) is 0 Å². The zero-order valence-corrected chi connectivity index (χ0v) is 29.3. The fourth-order valence-corrected chi connectivity index (χ4v) is 7.02. The van der Waals surface area contributed by atoms with Gasteiger partial charge in [-0.05, 0) is 119 Å². The molecule has 5 rings (SSSR count). The van der Waals surface area contributed by atoms with Gasteiger partial charge in [0.2, 0.25) is 0 Å². The van der Waals surface area contributed by atoms with E-state index in [1.807, 2.05) is 0 Å². The standard InChI is InChI=1S/C46H54/c1-7-11-13-15-41-31-46(40-25-21-38(22-26-40)44-28-18-34(6)30-36(44)10-4)42(16-14-12-8-2)32-45(41)39-23-19-37(20-24-39)43-27-17-33(5)29-35(43)9-3/h17-32H,7-16H2,1-6H3. The third kappa shape index (κ3) is 7.90. The van der Waals surface area contributed by atoms with Crippen molar-refractivity contribution in [2.45, 2.75) is 106 Å². The predicted molar refractivity (Wildman–Crippen MR) is 203 cm³/mol. The van der Waals surface area contributed by atoms with Crippen LogP contribution in [0.4, 0.5) is 0 Å². The van der Waals surface area contributed by atoms with Gasteiger partial charge in [-0.15, -0.1) is 0 Å². The SMILES string of the molecule is CCCCCc1cc(-c2ccc(-c3ccc(C)cc3CC)cc2)c(CCCCC)cc1-c1ccc(-c2ccc(C)cc2CC)cc1. The van der Waals surface area contributed by atoms with Gasteiger partial charge in [-0.25, -0.2) is 0 Å². The highest BCUT2D eigenvalue weighted by Crippen LogP contribution is 2.37. The highest BCUT2D eigenvalue weighted by Gasteiger charge is 2.15. The highest BCUT2D eigenvalue weighted by molar-refractivity contribution is 5.80. The molecular weight excluding hydrogens is 553 g/mol. The van der Waals surface area contributed by atoms with Crippen LogP contribution in [0.2, 0.25) is 0 Å². The maximum Gasteiger partial charge on any atom is -0.0149 e. The van der Waals surface area contributed by atoms with E-state index in [0.29, 0.717) is 0 Å². The van der Waals surface area contributed by atoms with Gasteiger partial charge in [0.05, 0.1) is 0 Å². The van der Waals surface area contributed by atoms with Gasteiger partial charge in [-0.1, -0.05) is 162 Å². The van der Waals surface area contributed by atoms with E-state index >= 15 is 0 Å². The summed E-state index contributed by atoms with van der Waals surface area (Å²) >= 11 is 0. The molecule has 0 N–H and O–H groups in total. The highest BCUT2D eigenvalue weighted by atomic mass is 14.2. The number of aryl methyl sites for hydroxylation is 6. The van der Waals surface area contributed by atoms with E-state index in [1.165, 1.54) is 116 Å². The van der Waals surface area contributed by atoms with E-state index in [-0.39, 0.29) is 0 Å². The van der Waals surface area contributed by atoms with Gasteiger partial charge < -0.3 is 0 Å². The molecule has 0 heterocycles. The van der Waals surface area contributed by atoms with Crippen LogP contribution in [0.25, 0.3) is 44.5 Å². The molecule has 5 aromatic carbocycles. The molecule has 0 saturated carbocycles. The normalized spacial score (nSPS) is 11.3. The van der Waals surface area contributed by atoms with E-state index in [2.05, 4.69) is 139 Å². The van der Waals surface area contributed by atoms with Crippen LogP contribution in [0.1, 0.15) is 99.6 Å². The largest absolute Gasteiger partial charge is 0.0654 e. The molecule has 0 radical (unpaired) electrons. The minimum Gasteiger partial charge on any atom is -0.0654 e. The van der Waals surface area contributed by atoms with Gasteiger partial charge >= 0.3 is 0 Å². The summed E-state index contributed by atoms with van der Waals surface area (Å²) in [7, 11) is 0. The van der Waals surface area contributed by atoms with Gasteiger partial charge in [0.1, 0.15) is 0 Å². The molecule has 0 unspecified atom stereocenters. The van der Waals surface area contributed by atoms with Crippen LogP contribution < -0.4 is 0 Å². The molecule has 0 aliphatic carbocycles. The Balaban J connectivity index is 1.56. The fourth-order valence-electron chi connectivity index (χ4n) is 7.02. The maximum absolute atomic E-state index is 2.55. The molecule has 0 atom stereocenters. The van der Waals surface area contributed by atoms with E-state index in [0.717, 1.165) is 25.7 Å². The van der Waals surface area contributed by atoms with E-state index in [4.69, 9.17) is 0 Å². The smallest absolute Gasteiger partial charge is 0.0149 e. The number of rotatable bonds is 14. The Morgan fingerprint density at radius 3 is 1.02 bits per heavy atom. The molecule has 238 valence electrons. The summed E-state index contributed by atoms with van der Waals surface area (Å²) in [4.78, 5) is 0. The van der Waals surface area contributed by atoms with Crippen LogP contribution >= 0.6 is 0 Å². The lowest BCUT2D eigenvalue weighted by molar-refractivity contribution is 0.713. The van der Waals surface area contributed by atoms with Crippen LogP contribution in [0.5, 0.6) is 0 Å². The zero-order chi connectivity index (χ0) is 32.5. The summed E-state index contributed by atoms with van der Waals surface area (Å²) in [6.07, 6.45) is 11.8. The van der Waals surface area contributed by atoms with E-state index in [9.17, 15) is 0 Å². The van der Waals surface area contributed by atoms with Crippen molar-refractivity contribution >= 4 is 0 Å². The van der Waals surface area contributed by atoms with Crippen LogP contribution in [-0.2, 0) is 25.7 Å². The summed E-state index contributed by atoms with van der Waals surface area (Å²) in [5.74, 6) is 0. The predicted octanol–water partition coefficient (Wildman–Crippen LogP) is 13.6. The Morgan fingerprint density at radius 2 is 0.696 bits per heavy atom. The number of hydrogen-bond acceptors (Lipinski definition) is 0. The van der Waals surface area contributed by atoms with Crippen LogP contribution in [-0.4, -0.2) is 0 Å². The lowest BCUT2D eigenvalue weighted by Crippen LogP contribution is -1.99. The lowest BCUT2D eigenvalue weighted by atomic mass is 9.86. The fraction of sp³-hybridized carbons (Fsp3) is 0.348. The van der Waals surface area contributed by atoms with Crippen molar-refractivity contribution in [3.05, 3.63) is 130 Å². The molecule has 0 aliphatic heterocycles. The first kappa shape index (κ1) is 33.5. The molecule has 0 heteroatoms. The Kier molecular flexibility index (Phi) is 11.7. The van der Waals surface area contributed by atoms with Gasteiger partial charge in [-0.3, -0.25) is 0 Å². The molecule has 0 spiro atoms. The first-order chi connectivity index (χ1) is 22.4. The number of hydrogen-bond donors (Lipinski definition) is 0. The average molecular weight is 607 g/mol. The van der Waals surface area contributed by atoms with Crippen LogP contribution in [0.15, 0.2) is 97.1 Å². The van der Waals surface area contributed by atoms with Crippen molar-refractivity contribution in [1.82, 2.24) is 0 Å². The molecule has 0 aliphatic rings. The maximum atomic E-state index is 2.55. The summed E-state index contributed by atoms with van der Waals surface area (Å²) < 4.78 is 0. The Hall–Kier alpha value is -3.90. The average Bonchev–Trinajstić information content (AvgIpc) is 3.09. The second kappa shape index (κ2) is 16.1. The Morgan fingerprint density at radius 1 is 0.348 bits per heavy atom. The monoisotopic (exact) mass is 606 g/mol. The van der Waals surface area contributed by atoms with Crippen molar-refractivity contribution in [3.63, 3.8) is 0 Å². The number of benzene rings is 5. The molecule has 0 aromatic heterocycles. The molecule has 0 bridgehead atoms. The summed E-state index contributed by atoms with van der Waals surface area (Å²) in [5, 5.41) is 0. The number of unbranched alkanes of at least 4 members (excludes halogenated alkanes) is 4. The van der Waals surface area contributed by atoms with E-state index < -0.39 is 0 Å². The molecule has 46 heavy (non-hydrogen) atoms. The minimum absolute atomic E-state index is 1.05. The first-order valence-electron chi connectivity index (χ1n) is 18.0. The molecule has 5 aromatic rings. The van der Waals surface area contributed by atoms with Gasteiger partial charge in [0, 0.05) is 0 Å². The quantitative estimate of drug-likeness (QED) is 0.110. The third-order valence-corrected chi connectivity index (χ3v) is 9.73. The van der Waals surface area contributed by atoms with Gasteiger partial charge in [-0.2, -0.15) is 0 Å². The summed E-state index contributed by atoms with van der Waals surface area (Å²) in [6.45, 7) is 13.5. The second-order valence-corrected chi connectivity index (χ2v) is 13.3. The van der Waals surface area contributed by atoms with Crippen LogP contribution in [0.3, 0.4) is 0 Å². The molecule has 0 saturated heterocycles. The van der Waals surface area contributed by atoms with Crippen molar-refractivity contribution in [3.8, 4) is 44.5 Å². The van der Waals surface area contributed by atoms with Gasteiger partial charge in [0.25, 0.3) is 0 Å². The molecule has 0 nitrogen and oxygen atoms in total. The van der Waals surface area contributed by atoms with Gasteiger partial charge in [0.15, 0.2) is 0 Å². The third-order valence-electron chi connectivity index (χ3n) is 9.73. The van der Waals surface area contributed by atoms with Crippen LogP contribution in [0, 0.1) is 13.8 Å². The van der Waals surface area contributed by atoms with Crippen molar-refractivity contribution < 1.29 is 0 Å². The Labute approximate surface area is 279 Å². The molecular formula is C46H54. The zero-order valence-electron chi connectivity index (χ0n) is 29.3. The molecule has 0 amide bonds. The minimum atomic E-state index is 1.05. The van der Waals surface area contributed by atoms with Crippen molar-refractivity contribution in [2.75, 3.05) is 0 Å². The summed E-state index contributed by atoms with van der Waals surface area (Å²) in [6, 6.07) is 37.7. The second-order valence-electron chi connectivity index (χ2n) is 13.3.